The fourth-order valence-corrected chi connectivity index (χ4v) is 4.33. The zero-order valence-corrected chi connectivity index (χ0v) is 16.2. The van der Waals surface area contributed by atoms with Gasteiger partial charge in [0.2, 0.25) is 5.91 Å². The standard InChI is InChI=1S/C18H22F3NO5S/c1-2-27-17(24)11-22(12-18(19,20)21)16(23)8-9-28(25,26)15-7-6-13-4-3-5-14(13)10-15/h6-7,10H,2-5,8-9,11-12H2,1H3. The summed E-state index contributed by atoms with van der Waals surface area (Å²) in [7, 11) is -3.84. The third-order valence-electron chi connectivity index (χ3n) is 4.36. The number of carbonyl (C=O) groups excluding carboxylic acids is 2. The van der Waals surface area contributed by atoms with E-state index in [2.05, 4.69) is 4.74 Å². The van der Waals surface area contributed by atoms with Gasteiger partial charge >= 0.3 is 12.1 Å². The van der Waals surface area contributed by atoms with Gasteiger partial charge < -0.3 is 9.64 Å². The van der Waals surface area contributed by atoms with Gasteiger partial charge in [-0.25, -0.2) is 8.42 Å². The molecule has 0 unspecified atom stereocenters. The molecule has 0 aliphatic heterocycles. The molecule has 1 amide bonds. The van der Waals surface area contributed by atoms with Crippen LogP contribution in [0.25, 0.3) is 0 Å². The van der Waals surface area contributed by atoms with Gasteiger partial charge in [0.25, 0.3) is 0 Å². The van der Waals surface area contributed by atoms with E-state index < -0.39 is 53.2 Å². The average Bonchev–Trinajstić information content (AvgIpc) is 3.06. The van der Waals surface area contributed by atoms with Gasteiger partial charge in [-0.15, -0.1) is 0 Å². The second-order valence-electron chi connectivity index (χ2n) is 6.52. The first kappa shape index (κ1) is 22.2. The Morgan fingerprint density at radius 1 is 1.18 bits per heavy atom. The number of hydrogen-bond acceptors (Lipinski definition) is 5. The van der Waals surface area contributed by atoms with E-state index in [0.717, 1.165) is 30.4 Å². The molecule has 1 aromatic rings. The van der Waals surface area contributed by atoms with Crippen molar-refractivity contribution in [1.29, 1.82) is 0 Å². The normalized spacial score (nSPS) is 13.9. The van der Waals surface area contributed by atoms with Crippen LogP contribution in [0.15, 0.2) is 23.1 Å². The number of halogens is 3. The van der Waals surface area contributed by atoms with Gasteiger partial charge in [0.15, 0.2) is 9.84 Å². The first-order valence-electron chi connectivity index (χ1n) is 8.86. The smallest absolute Gasteiger partial charge is 0.406 e. The predicted molar refractivity (Wildman–Crippen MR) is 94.4 cm³/mol. The van der Waals surface area contributed by atoms with Crippen LogP contribution >= 0.6 is 0 Å². The van der Waals surface area contributed by atoms with E-state index in [0.29, 0.717) is 0 Å². The highest BCUT2D eigenvalue weighted by molar-refractivity contribution is 7.91. The number of hydrogen-bond donors (Lipinski definition) is 0. The molecule has 0 saturated carbocycles. The highest BCUT2D eigenvalue weighted by atomic mass is 32.2. The minimum absolute atomic E-state index is 0.0421. The summed E-state index contributed by atoms with van der Waals surface area (Å²) in [5, 5.41) is 0. The lowest BCUT2D eigenvalue weighted by Gasteiger charge is -2.23. The lowest BCUT2D eigenvalue weighted by Crippen LogP contribution is -2.43. The van der Waals surface area contributed by atoms with Crippen molar-refractivity contribution in [2.24, 2.45) is 0 Å². The zero-order valence-electron chi connectivity index (χ0n) is 15.4. The zero-order chi connectivity index (χ0) is 20.9. The molecule has 0 heterocycles. The van der Waals surface area contributed by atoms with Crippen molar-refractivity contribution in [3.8, 4) is 0 Å². The molecule has 2 rings (SSSR count). The van der Waals surface area contributed by atoms with Crippen LogP contribution in [0.1, 0.15) is 30.9 Å². The Morgan fingerprint density at radius 2 is 1.86 bits per heavy atom. The number of nitrogens with zero attached hydrogens (tertiary/aromatic N) is 1. The maximum atomic E-state index is 12.7. The Bertz CT molecular complexity index is 836. The molecular weight excluding hydrogens is 399 g/mol. The van der Waals surface area contributed by atoms with Crippen LogP contribution < -0.4 is 0 Å². The Labute approximate surface area is 161 Å². The van der Waals surface area contributed by atoms with Gasteiger partial charge in [-0.2, -0.15) is 13.2 Å². The molecule has 6 nitrogen and oxygen atoms in total. The SMILES string of the molecule is CCOC(=O)CN(CC(F)(F)F)C(=O)CCS(=O)(=O)c1ccc2c(c1)CCC2. The average molecular weight is 421 g/mol. The maximum absolute atomic E-state index is 12.7. The lowest BCUT2D eigenvalue weighted by molar-refractivity contribution is -0.167. The predicted octanol–water partition coefficient (Wildman–Crippen LogP) is 2.29. The fourth-order valence-electron chi connectivity index (χ4n) is 3.05. The van der Waals surface area contributed by atoms with Crippen molar-refractivity contribution in [1.82, 2.24) is 4.90 Å². The summed E-state index contributed by atoms with van der Waals surface area (Å²) in [6.45, 7) is -1.09. The molecule has 0 atom stereocenters. The van der Waals surface area contributed by atoms with Crippen LogP contribution in [0.3, 0.4) is 0 Å². The van der Waals surface area contributed by atoms with Crippen molar-refractivity contribution in [3.05, 3.63) is 29.3 Å². The van der Waals surface area contributed by atoms with Crippen molar-refractivity contribution >= 4 is 21.7 Å². The molecule has 0 aromatic heterocycles. The summed E-state index contributed by atoms with van der Waals surface area (Å²) in [4.78, 5) is 24.0. The molecule has 0 radical (unpaired) electrons. The number of ether oxygens (including phenoxy) is 1. The maximum Gasteiger partial charge on any atom is 0.406 e. The van der Waals surface area contributed by atoms with Crippen LogP contribution in [0.4, 0.5) is 13.2 Å². The quantitative estimate of drug-likeness (QED) is 0.602. The van der Waals surface area contributed by atoms with Gasteiger partial charge in [0.05, 0.1) is 17.3 Å². The number of fused-ring (bicyclic) bond motifs is 1. The number of amides is 1. The monoisotopic (exact) mass is 421 g/mol. The number of esters is 1. The molecular formula is C18H22F3NO5S. The van der Waals surface area contributed by atoms with Crippen LogP contribution in [0, 0.1) is 0 Å². The summed E-state index contributed by atoms with van der Waals surface area (Å²) in [6.07, 6.45) is -2.78. The summed E-state index contributed by atoms with van der Waals surface area (Å²) in [6, 6.07) is 4.75. The number of rotatable bonds is 8. The Hall–Kier alpha value is -2.10. The molecule has 1 aliphatic carbocycles. The molecule has 10 heteroatoms. The molecule has 1 aromatic carbocycles. The Morgan fingerprint density at radius 3 is 2.50 bits per heavy atom. The second kappa shape index (κ2) is 8.93. The molecule has 1 aliphatic rings. The number of carbonyl (C=O) groups is 2. The third-order valence-corrected chi connectivity index (χ3v) is 6.08. The third kappa shape index (κ3) is 6.22. The highest BCUT2D eigenvalue weighted by Gasteiger charge is 2.34. The number of sulfone groups is 1. The largest absolute Gasteiger partial charge is 0.465 e. The van der Waals surface area contributed by atoms with Crippen LogP contribution in [-0.4, -0.2) is 56.8 Å². The van der Waals surface area contributed by atoms with E-state index in [1.165, 1.54) is 13.0 Å². The summed E-state index contributed by atoms with van der Waals surface area (Å²) in [5.41, 5.74) is 2.02. The van der Waals surface area contributed by atoms with E-state index in [1.54, 1.807) is 12.1 Å². The van der Waals surface area contributed by atoms with Crippen LogP contribution in [0.2, 0.25) is 0 Å². The number of alkyl halides is 3. The van der Waals surface area contributed by atoms with Crippen LogP contribution in [0.5, 0.6) is 0 Å². The molecule has 0 fully saturated rings. The van der Waals surface area contributed by atoms with Crippen molar-refractivity contribution in [2.75, 3.05) is 25.4 Å². The van der Waals surface area contributed by atoms with E-state index >= 15 is 0 Å². The summed E-state index contributed by atoms with van der Waals surface area (Å²) in [5.74, 6) is -2.70. The minimum atomic E-state index is -4.72. The lowest BCUT2D eigenvalue weighted by atomic mass is 10.1. The summed E-state index contributed by atoms with van der Waals surface area (Å²) >= 11 is 0. The van der Waals surface area contributed by atoms with Gasteiger partial charge in [0.1, 0.15) is 13.1 Å². The van der Waals surface area contributed by atoms with Gasteiger partial charge in [-0.05, 0) is 49.4 Å². The Balaban J connectivity index is 2.06. The van der Waals surface area contributed by atoms with E-state index in [-0.39, 0.29) is 16.4 Å². The van der Waals surface area contributed by atoms with Gasteiger partial charge in [0, 0.05) is 6.42 Å². The summed E-state index contributed by atoms with van der Waals surface area (Å²) < 4.78 is 67.7. The first-order chi connectivity index (χ1) is 13.0. The van der Waals surface area contributed by atoms with Crippen molar-refractivity contribution in [2.45, 2.75) is 43.7 Å². The van der Waals surface area contributed by atoms with E-state index in [4.69, 9.17) is 0 Å². The molecule has 28 heavy (non-hydrogen) atoms. The van der Waals surface area contributed by atoms with E-state index in [9.17, 15) is 31.2 Å². The number of aryl methyl sites for hydroxylation is 2. The molecule has 0 bridgehead atoms. The highest BCUT2D eigenvalue weighted by Crippen LogP contribution is 2.25. The first-order valence-corrected chi connectivity index (χ1v) is 10.5. The van der Waals surface area contributed by atoms with Crippen molar-refractivity contribution < 1.29 is 35.9 Å². The molecule has 0 saturated heterocycles. The van der Waals surface area contributed by atoms with Crippen molar-refractivity contribution in [3.63, 3.8) is 0 Å². The van der Waals surface area contributed by atoms with E-state index in [1.807, 2.05) is 0 Å². The fraction of sp³-hybridized carbons (Fsp3) is 0.556. The molecule has 156 valence electrons. The molecule has 0 spiro atoms. The minimum Gasteiger partial charge on any atom is -0.465 e. The number of benzene rings is 1. The Kier molecular flexibility index (Phi) is 7.08. The second-order valence-corrected chi connectivity index (χ2v) is 8.63. The topological polar surface area (TPSA) is 80.8 Å². The van der Waals surface area contributed by atoms with Crippen LogP contribution in [-0.2, 0) is 37.0 Å². The molecule has 0 N–H and O–H groups in total. The van der Waals surface area contributed by atoms with Gasteiger partial charge in [-0.1, -0.05) is 6.07 Å². The van der Waals surface area contributed by atoms with Gasteiger partial charge in [-0.3, -0.25) is 9.59 Å².